The second-order valence-corrected chi connectivity index (χ2v) is 21.6. The van der Waals surface area contributed by atoms with Gasteiger partial charge in [0.15, 0.2) is 114 Å². The van der Waals surface area contributed by atoms with Gasteiger partial charge in [-0.1, -0.05) is 182 Å². The van der Waals surface area contributed by atoms with Gasteiger partial charge in [0, 0.05) is 106 Å². The van der Waals surface area contributed by atoms with Crippen LogP contribution in [0.4, 0.5) is 0 Å². The molecule has 6 heterocycles. The van der Waals surface area contributed by atoms with E-state index >= 15 is 0 Å². The van der Waals surface area contributed by atoms with Crippen LogP contribution in [0.3, 0.4) is 0 Å². The zero-order valence-corrected chi connectivity index (χ0v) is 47.1. The molecule has 402 valence electrons. The van der Waals surface area contributed by atoms with E-state index in [0.717, 1.165) is 0 Å². The third kappa shape index (κ3) is 12.3. The molecule has 0 aliphatic rings. The van der Waals surface area contributed by atoms with Crippen LogP contribution in [0, 0.1) is 0 Å². The van der Waals surface area contributed by atoms with Gasteiger partial charge in [-0.25, -0.2) is 27.4 Å². The normalized spacial score (nSPS) is 11.1. The Labute approximate surface area is 493 Å². The molecule has 0 N–H and O–H groups in total. The van der Waals surface area contributed by atoms with Gasteiger partial charge < -0.3 is 0 Å². The Morgan fingerprint density at radius 1 is 0.131 bits per heavy atom. The molecule has 7 aromatic carbocycles. The summed E-state index contributed by atoms with van der Waals surface area (Å²) in [6, 6.07) is 91.4. The Balaban J connectivity index is 1.05. The van der Waals surface area contributed by atoms with Crippen molar-refractivity contribution < 1.29 is 27.4 Å². The van der Waals surface area contributed by atoms with Crippen molar-refractivity contribution in [2.75, 3.05) is 0 Å². The molecule has 6 nitrogen and oxygen atoms in total. The van der Waals surface area contributed by atoms with Gasteiger partial charge in [-0.3, -0.25) is 0 Å². The highest BCUT2D eigenvalue weighted by Gasteiger charge is 2.34. The van der Waals surface area contributed by atoms with Gasteiger partial charge in [-0.15, -0.1) is 0 Å². The smallest absolute Gasteiger partial charge is 0.174 e. The first-order chi connectivity index (χ1) is 41.6. The minimum Gasteiger partial charge on any atom is -0.201 e. The molecule has 0 aliphatic heterocycles. The Morgan fingerprint density at radius 2 is 0.238 bits per heavy atom. The average Bonchev–Trinajstić information content (AvgIpc) is 3.76. The van der Waals surface area contributed by atoms with Crippen molar-refractivity contribution in [2.24, 2.45) is 0 Å². The predicted octanol–water partition coefficient (Wildman–Crippen LogP) is 13.7. The van der Waals surface area contributed by atoms with Crippen LogP contribution >= 0.6 is 0 Å². The molecule has 0 fully saturated rings. The van der Waals surface area contributed by atoms with Crippen molar-refractivity contribution >= 4 is 0 Å². The fourth-order valence-electron chi connectivity index (χ4n) is 11.6. The van der Waals surface area contributed by atoms with Crippen LogP contribution in [0.2, 0.25) is 0 Å². The molecule has 0 saturated heterocycles. The number of nitrogens with zero attached hydrogens (tertiary/aromatic N) is 6. The lowest BCUT2D eigenvalue weighted by molar-refractivity contribution is -0.701. The summed E-state index contributed by atoms with van der Waals surface area (Å²) in [7, 11) is 0. The minimum atomic E-state index is 0.652. The van der Waals surface area contributed by atoms with Crippen molar-refractivity contribution in [2.45, 2.75) is 39.3 Å². The average molecular weight is 1090 g/mol. The topological polar surface area (TPSA) is 23.3 Å². The maximum Gasteiger partial charge on any atom is 0.174 e. The van der Waals surface area contributed by atoms with Gasteiger partial charge in [0.05, 0.1) is 0 Å². The lowest BCUT2D eigenvalue weighted by Crippen LogP contribution is -2.45. The number of aromatic nitrogens is 6. The third-order valence-electron chi connectivity index (χ3n) is 16.2. The van der Waals surface area contributed by atoms with Crippen LogP contribution in [-0.2, 0) is 39.3 Å². The first-order valence-corrected chi connectivity index (χ1v) is 29.0. The summed E-state index contributed by atoms with van der Waals surface area (Å²) in [5.41, 5.74) is 22.2. The Hall–Kier alpha value is -10.6. The van der Waals surface area contributed by atoms with Crippen LogP contribution in [0.5, 0.6) is 0 Å². The summed E-state index contributed by atoms with van der Waals surface area (Å²) in [5, 5.41) is 0. The van der Waals surface area contributed by atoms with Crippen LogP contribution in [0.15, 0.2) is 329 Å². The quantitative estimate of drug-likeness (QED) is 0.0765. The van der Waals surface area contributed by atoms with E-state index in [2.05, 4.69) is 357 Å². The second-order valence-electron chi connectivity index (χ2n) is 21.6. The molecular weight excluding hydrogens is 1020 g/mol. The van der Waals surface area contributed by atoms with E-state index in [1.54, 1.807) is 0 Å². The second kappa shape index (κ2) is 25.1. The fraction of sp³-hybridized carbons (Fsp3) is 0.0769. The molecule has 0 amide bonds. The lowest BCUT2D eigenvalue weighted by atomic mass is 9.84. The molecular formula is C78H66N6+6. The minimum absolute atomic E-state index is 0.652. The van der Waals surface area contributed by atoms with Crippen LogP contribution in [0.25, 0.3) is 66.8 Å². The standard InChI is InChI=1S/C78H66N6/c1-7-19-61(20-8-1)67-31-43-79(44-32-67)55-73-74(56-80-45-33-68(34-46-80)62-21-9-2-10-22-62)76(58-82-49-37-70(38-50-82)64-25-13-4-14-26-64)78(60-84-53-41-72(42-54-84)66-29-17-6-18-30-66)77(59-83-51-39-71(40-52-83)65-27-15-5-16-28-65)75(73)57-81-47-35-69(36-48-81)63-23-11-3-12-24-63/h1-54H,55-60H2/q+6. The van der Waals surface area contributed by atoms with Gasteiger partial charge in [-0.05, 0) is 66.8 Å². The summed E-state index contributed by atoms with van der Waals surface area (Å²) in [5.74, 6) is 0. The number of pyridine rings is 6. The Kier molecular flexibility index (Phi) is 15.8. The van der Waals surface area contributed by atoms with Crippen LogP contribution < -0.4 is 27.4 Å². The molecule has 0 unspecified atom stereocenters. The molecule has 13 aromatic rings. The first-order valence-electron chi connectivity index (χ1n) is 29.0. The van der Waals surface area contributed by atoms with Gasteiger partial charge in [-0.2, -0.15) is 0 Å². The predicted molar refractivity (Wildman–Crippen MR) is 333 cm³/mol. The fourth-order valence-corrected chi connectivity index (χ4v) is 11.6. The monoisotopic (exact) mass is 1090 g/mol. The molecule has 0 atom stereocenters. The van der Waals surface area contributed by atoms with Crippen LogP contribution in [0.1, 0.15) is 33.4 Å². The summed E-state index contributed by atoms with van der Waals surface area (Å²) in [6.07, 6.45) is 27.2. The highest BCUT2D eigenvalue weighted by atomic mass is 15.0. The number of benzene rings is 7. The largest absolute Gasteiger partial charge is 0.201 e. The van der Waals surface area contributed by atoms with E-state index in [9.17, 15) is 0 Å². The number of hydrogen-bond acceptors (Lipinski definition) is 0. The molecule has 0 aliphatic carbocycles. The number of rotatable bonds is 18. The van der Waals surface area contributed by atoms with Crippen LogP contribution in [-0.4, -0.2) is 0 Å². The molecule has 6 aromatic heterocycles. The van der Waals surface area contributed by atoms with E-state index < -0.39 is 0 Å². The van der Waals surface area contributed by atoms with E-state index in [1.807, 2.05) is 0 Å². The third-order valence-corrected chi connectivity index (χ3v) is 16.2. The van der Waals surface area contributed by atoms with E-state index in [1.165, 1.54) is 100 Å². The van der Waals surface area contributed by atoms with Gasteiger partial charge in [0.1, 0.15) is 0 Å². The molecule has 0 saturated carbocycles. The van der Waals surface area contributed by atoms with Gasteiger partial charge in [0.25, 0.3) is 0 Å². The van der Waals surface area contributed by atoms with Crippen molar-refractivity contribution in [1.29, 1.82) is 0 Å². The maximum absolute atomic E-state index is 2.38. The van der Waals surface area contributed by atoms with Crippen molar-refractivity contribution in [3.05, 3.63) is 363 Å². The Morgan fingerprint density at radius 3 is 0.357 bits per heavy atom. The zero-order valence-electron chi connectivity index (χ0n) is 47.1. The van der Waals surface area contributed by atoms with Crippen molar-refractivity contribution in [1.82, 2.24) is 0 Å². The van der Waals surface area contributed by atoms with Gasteiger partial charge >= 0.3 is 0 Å². The molecule has 0 radical (unpaired) electrons. The molecule has 0 bridgehead atoms. The summed E-state index contributed by atoms with van der Waals surface area (Å²) in [6.45, 7) is 3.91. The van der Waals surface area contributed by atoms with E-state index in [4.69, 9.17) is 0 Å². The van der Waals surface area contributed by atoms with Gasteiger partial charge in [0.2, 0.25) is 0 Å². The number of hydrogen-bond donors (Lipinski definition) is 0. The lowest BCUT2D eigenvalue weighted by Gasteiger charge is -2.21. The van der Waals surface area contributed by atoms with E-state index in [-0.39, 0.29) is 0 Å². The highest BCUT2D eigenvalue weighted by Crippen LogP contribution is 2.32. The van der Waals surface area contributed by atoms with Crippen molar-refractivity contribution in [3.63, 3.8) is 0 Å². The van der Waals surface area contributed by atoms with Crippen molar-refractivity contribution in [3.8, 4) is 66.8 Å². The molecule has 0 spiro atoms. The molecule has 84 heavy (non-hydrogen) atoms. The molecule has 13 rings (SSSR count). The summed E-state index contributed by atoms with van der Waals surface area (Å²) >= 11 is 0. The highest BCUT2D eigenvalue weighted by molar-refractivity contribution is 5.66. The zero-order chi connectivity index (χ0) is 56.3. The first kappa shape index (κ1) is 52.8. The van der Waals surface area contributed by atoms with E-state index in [0.29, 0.717) is 39.3 Å². The molecule has 6 heteroatoms. The maximum atomic E-state index is 2.38. The summed E-state index contributed by atoms with van der Waals surface area (Å²) < 4.78 is 14.3. The summed E-state index contributed by atoms with van der Waals surface area (Å²) in [4.78, 5) is 0. The SMILES string of the molecule is c1ccc(-c2cc[n+](Cc3c(C[n+]4ccc(-c5ccccc5)cc4)c(C[n+]4ccc(-c5ccccc5)cc4)c(C[n+]4ccc(-c5ccccc5)cc4)c(C[n+]4ccc(-c5ccccc5)cc4)c3C[n+]3ccc(-c4ccccc4)cc3)cc2)cc1. The Bertz CT molecular complexity index is 3490.